The molecule has 1 nitrogen and oxygen atoms in total. The lowest BCUT2D eigenvalue weighted by Crippen LogP contribution is -2.23. The summed E-state index contributed by atoms with van der Waals surface area (Å²) in [5.41, 5.74) is 0.734. The predicted molar refractivity (Wildman–Crippen MR) is 69.5 cm³/mol. The van der Waals surface area contributed by atoms with Crippen molar-refractivity contribution in [2.24, 2.45) is 5.92 Å². The van der Waals surface area contributed by atoms with E-state index in [-0.39, 0.29) is 11.6 Å². The van der Waals surface area contributed by atoms with Crippen molar-refractivity contribution >= 4 is 0 Å². The predicted octanol–water partition coefficient (Wildman–Crippen LogP) is 4.11. The fraction of sp³-hybridized carbons (Fsp3) is 0.600. The van der Waals surface area contributed by atoms with Gasteiger partial charge in [-0.2, -0.15) is 0 Å². The molecule has 0 heterocycles. The minimum absolute atomic E-state index is 0.199. The van der Waals surface area contributed by atoms with Gasteiger partial charge in [0, 0.05) is 11.6 Å². The van der Waals surface area contributed by atoms with Gasteiger partial charge in [0.2, 0.25) is 0 Å². The van der Waals surface area contributed by atoms with E-state index in [1.807, 2.05) is 6.92 Å². The van der Waals surface area contributed by atoms with Gasteiger partial charge in [-0.15, -0.1) is 0 Å². The summed E-state index contributed by atoms with van der Waals surface area (Å²) in [7, 11) is 0. The maximum Gasteiger partial charge on any atom is 0.133 e. The molecule has 0 aromatic heterocycles. The quantitative estimate of drug-likeness (QED) is 0.804. The topological polar surface area (TPSA) is 12.0 Å². The maximum absolute atomic E-state index is 14.1. The molecule has 1 aliphatic rings. The number of nitrogens with one attached hydrogen (secondary N) is 1. The molecule has 1 aliphatic carbocycles. The molecule has 0 aliphatic heterocycles. The normalized spacial score (nSPS) is 16.9. The molecule has 0 spiro atoms. The van der Waals surface area contributed by atoms with Crippen molar-refractivity contribution in [3.8, 4) is 0 Å². The molecule has 1 atom stereocenters. The molecule has 1 unspecified atom stereocenters. The molecule has 0 amide bonds. The van der Waals surface area contributed by atoms with Crippen LogP contribution in [0.4, 0.5) is 8.78 Å². The Bertz CT molecular complexity index is 413. The van der Waals surface area contributed by atoms with Gasteiger partial charge >= 0.3 is 0 Å². The average Bonchev–Trinajstić information content (AvgIpc) is 3.15. The molecule has 3 heteroatoms. The van der Waals surface area contributed by atoms with E-state index in [0.717, 1.165) is 25.3 Å². The van der Waals surface area contributed by atoms with Crippen LogP contribution in [0.15, 0.2) is 12.1 Å². The van der Waals surface area contributed by atoms with Gasteiger partial charge in [0.05, 0.1) is 0 Å². The van der Waals surface area contributed by atoms with E-state index in [2.05, 4.69) is 5.32 Å². The molecule has 2 rings (SSSR count). The lowest BCUT2D eigenvalue weighted by Gasteiger charge is -2.20. The highest BCUT2D eigenvalue weighted by Gasteiger charge is 2.25. The van der Waals surface area contributed by atoms with Gasteiger partial charge < -0.3 is 5.32 Å². The Morgan fingerprint density at radius 1 is 1.33 bits per heavy atom. The molecule has 1 aromatic carbocycles. The van der Waals surface area contributed by atoms with Gasteiger partial charge in [-0.25, -0.2) is 8.78 Å². The van der Waals surface area contributed by atoms with Crippen LogP contribution in [-0.2, 0) is 0 Å². The Labute approximate surface area is 108 Å². The van der Waals surface area contributed by atoms with Gasteiger partial charge in [0.25, 0.3) is 0 Å². The summed E-state index contributed by atoms with van der Waals surface area (Å²) >= 11 is 0. The first-order valence-electron chi connectivity index (χ1n) is 6.81. The molecule has 0 bridgehead atoms. The van der Waals surface area contributed by atoms with Crippen molar-refractivity contribution in [3.63, 3.8) is 0 Å². The van der Waals surface area contributed by atoms with Crippen LogP contribution >= 0.6 is 0 Å². The number of rotatable bonds is 6. The Kier molecular flexibility index (Phi) is 4.33. The van der Waals surface area contributed by atoms with Crippen molar-refractivity contribution in [1.82, 2.24) is 5.32 Å². The third-order valence-corrected chi connectivity index (χ3v) is 3.68. The molecular weight excluding hydrogens is 232 g/mol. The highest BCUT2D eigenvalue weighted by Crippen LogP contribution is 2.36. The molecule has 1 fully saturated rings. The summed E-state index contributed by atoms with van der Waals surface area (Å²) in [6, 6.07) is 2.67. The Morgan fingerprint density at radius 2 is 2.06 bits per heavy atom. The molecule has 1 aromatic rings. The van der Waals surface area contributed by atoms with Gasteiger partial charge in [-0.3, -0.25) is 0 Å². The fourth-order valence-electron chi connectivity index (χ4n) is 2.40. The summed E-state index contributed by atoms with van der Waals surface area (Å²) < 4.78 is 28.0. The van der Waals surface area contributed by atoms with Crippen molar-refractivity contribution < 1.29 is 8.78 Å². The summed E-state index contributed by atoms with van der Waals surface area (Å²) in [6.45, 7) is 4.38. The van der Waals surface area contributed by atoms with E-state index < -0.39 is 11.6 Å². The van der Waals surface area contributed by atoms with Gasteiger partial charge in [-0.1, -0.05) is 25.8 Å². The summed E-state index contributed by atoms with van der Waals surface area (Å²) in [5.74, 6) is -0.0429. The smallest absolute Gasteiger partial charge is 0.133 e. The van der Waals surface area contributed by atoms with E-state index >= 15 is 0 Å². The lowest BCUT2D eigenvalue weighted by molar-refractivity contribution is 0.434. The highest BCUT2D eigenvalue weighted by molar-refractivity contribution is 5.29. The van der Waals surface area contributed by atoms with Crippen LogP contribution < -0.4 is 5.32 Å². The zero-order chi connectivity index (χ0) is 13.1. The molecule has 100 valence electrons. The van der Waals surface area contributed by atoms with Gasteiger partial charge in [-0.05, 0) is 43.9 Å². The van der Waals surface area contributed by atoms with Crippen LogP contribution in [0.3, 0.4) is 0 Å². The van der Waals surface area contributed by atoms with E-state index in [1.165, 1.54) is 25.0 Å². The molecule has 0 saturated heterocycles. The third kappa shape index (κ3) is 3.08. The zero-order valence-corrected chi connectivity index (χ0v) is 11.1. The number of benzene rings is 1. The minimum Gasteiger partial charge on any atom is -0.310 e. The standard InChI is InChI=1S/C15H21F2N/c1-3-18-13(9-7-11-5-6-11)14-12(16)8-4-10(2)15(14)17/h4,8,11,13,18H,3,5-7,9H2,1-2H3. The maximum atomic E-state index is 14.1. The molecule has 0 radical (unpaired) electrons. The number of hydrogen-bond donors (Lipinski definition) is 1. The zero-order valence-electron chi connectivity index (χ0n) is 11.1. The third-order valence-electron chi connectivity index (χ3n) is 3.68. The van der Waals surface area contributed by atoms with E-state index in [1.54, 1.807) is 6.92 Å². The molecular formula is C15H21F2N. The van der Waals surface area contributed by atoms with Crippen molar-refractivity contribution in [3.05, 3.63) is 34.9 Å². The summed E-state index contributed by atoms with van der Waals surface area (Å²) in [4.78, 5) is 0. The SMILES string of the molecule is CCNC(CCC1CC1)c1c(F)ccc(C)c1F. The largest absolute Gasteiger partial charge is 0.310 e. The van der Waals surface area contributed by atoms with Gasteiger partial charge in [0.1, 0.15) is 11.6 Å². The van der Waals surface area contributed by atoms with E-state index in [9.17, 15) is 8.78 Å². The second-order valence-electron chi connectivity index (χ2n) is 5.22. The van der Waals surface area contributed by atoms with Crippen molar-refractivity contribution in [1.29, 1.82) is 0 Å². The number of halogens is 2. The summed E-state index contributed by atoms with van der Waals surface area (Å²) in [5, 5.41) is 3.21. The van der Waals surface area contributed by atoms with Crippen molar-refractivity contribution in [2.75, 3.05) is 6.54 Å². The molecule has 1 N–H and O–H groups in total. The van der Waals surface area contributed by atoms with Gasteiger partial charge in [0.15, 0.2) is 0 Å². The number of aryl methyl sites for hydroxylation is 1. The van der Waals surface area contributed by atoms with E-state index in [4.69, 9.17) is 0 Å². The number of hydrogen-bond acceptors (Lipinski definition) is 1. The van der Waals surface area contributed by atoms with Crippen LogP contribution in [-0.4, -0.2) is 6.54 Å². The van der Waals surface area contributed by atoms with Crippen molar-refractivity contribution in [2.45, 2.75) is 45.6 Å². The first-order valence-corrected chi connectivity index (χ1v) is 6.81. The van der Waals surface area contributed by atoms with Crippen LogP contribution in [0.25, 0.3) is 0 Å². The first kappa shape index (κ1) is 13.5. The molecule has 18 heavy (non-hydrogen) atoms. The summed E-state index contributed by atoms with van der Waals surface area (Å²) in [6.07, 6.45) is 4.43. The Morgan fingerprint density at radius 3 is 2.67 bits per heavy atom. The van der Waals surface area contributed by atoms with Crippen LogP contribution in [0.1, 0.15) is 49.8 Å². The van der Waals surface area contributed by atoms with Crippen LogP contribution in [0, 0.1) is 24.5 Å². The van der Waals surface area contributed by atoms with Crippen LogP contribution in [0.2, 0.25) is 0 Å². The second kappa shape index (κ2) is 5.79. The Balaban J connectivity index is 2.19. The van der Waals surface area contributed by atoms with Crippen LogP contribution in [0.5, 0.6) is 0 Å². The Hall–Kier alpha value is -0.960. The lowest BCUT2D eigenvalue weighted by atomic mass is 9.97. The molecule has 1 saturated carbocycles. The highest BCUT2D eigenvalue weighted by atomic mass is 19.1. The average molecular weight is 253 g/mol. The second-order valence-corrected chi connectivity index (χ2v) is 5.22. The fourth-order valence-corrected chi connectivity index (χ4v) is 2.40. The first-order chi connectivity index (χ1) is 8.63. The monoisotopic (exact) mass is 253 g/mol. The minimum atomic E-state index is -0.431. The van der Waals surface area contributed by atoms with E-state index in [0.29, 0.717) is 5.56 Å².